The molecule has 0 saturated heterocycles. The minimum Gasteiger partial charge on any atom is -0.456 e. The van der Waals surface area contributed by atoms with Crippen LogP contribution < -0.4 is 9.64 Å². The van der Waals surface area contributed by atoms with Crippen LogP contribution in [0.2, 0.25) is 0 Å². The number of carbonyl (C=O) groups is 1. The molecule has 0 radical (unpaired) electrons. The molecule has 1 amide bonds. The van der Waals surface area contributed by atoms with Gasteiger partial charge in [0.1, 0.15) is 22.7 Å². The summed E-state index contributed by atoms with van der Waals surface area (Å²) in [5.41, 5.74) is 3.23. The molecular weight excluding hydrogens is 485 g/mol. The summed E-state index contributed by atoms with van der Waals surface area (Å²) >= 11 is 0. The van der Waals surface area contributed by atoms with E-state index in [9.17, 15) is 4.39 Å². The average molecular weight is 508 g/mol. The van der Waals surface area contributed by atoms with Crippen molar-refractivity contribution in [2.24, 2.45) is 0 Å². The third kappa shape index (κ3) is 2.94. The predicted molar refractivity (Wildman–Crippen MR) is 152 cm³/mol. The van der Waals surface area contributed by atoms with Gasteiger partial charge in [0, 0.05) is 27.8 Å². The van der Waals surface area contributed by atoms with E-state index in [1.165, 1.54) is 12.1 Å². The van der Waals surface area contributed by atoms with Crippen molar-refractivity contribution in [1.82, 2.24) is 0 Å². The Balaban J connectivity index is 1.48. The highest BCUT2D eigenvalue weighted by Crippen LogP contribution is 2.60. The summed E-state index contributed by atoms with van der Waals surface area (Å²) in [5, 5.41) is 4.05. The van der Waals surface area contributed by atoms with Crippen LogP contribution in [0.4, 0.5) is 10.1 Å². The molecule has 0 bridgehead atoms. The number of para-hydroxylation sites is 1. The topological polar surface area (TPSA) is 29.5 Å². The van der Waals surface area contributed by atoms with Crippen LogP contribution in [0.3, 0.4) is 0 Å². The van der Waals surface area contributed by atoms with Gasteiger partial charge in [0.15, 0.2) is 0 Å². The molecule has 1 atom stereocenters. The number of halogens is 1. The Morgan fingerprint density at radius 2 is 1.33 bits per heavy atom. The van der Waals surface area contributed by atoms with E-state index in [1.807, 2.05) is 53.4 Å². The highest BCUT2D eigenvalue weighted by Gasteiger charge is 2.58. The molecule has 3 nitrogen and oxygen atoms in total. The number of hydrogen-bond donors (Lipinski definition) is 0. The highest BCUT2D eigenvalue weighted by molar-refractivity contribution is 6.17. The maximum atomic E-state index is 15.1. The van der Waals surface area contributed by atoms with E-state index in [2.05, 4.69) is 48.5 Å². The molecule has 6 aromatic carbocycles. The van der Waals surface area contributed by atoms with Gasteiger partial charge in [0.05, 0.1) is 6.54 Å². The van der Waals surface area contributed by atoms with Crippen molar-refractivity contribution in [3.05, 3.63) is 149 Å². The van der Waals surface area contributed by atoms with E-state index in [4.69, 9.17) is 4.74 Å². The van der Waals surface area contributed by atoms with Gasteiger partial charge in [-0.2, -0.15) is 0 Å². The lowest BCUT2D eigenvalue weighted by Crippen LogP contribution is -2.43. The smallest absolute Gasteiger partial charge is 0.247 e. The quantitative estimate of drug-likeness (QED) is 0.237. The summed E-state index contributed by atoms with van der Waals surface area (Å²) in [6, 6.07) is 38.9. The maximum absolute atomic E-state index is 15.1. The van der Waals surface area contributed by atoms with Gasteiger partial charge in [-0.3, -0.25) is 4.79 Å². The van der Waals surface area contributed by atoms with Crippen molar-refractivity contribution in [2.75, 3.05) is 4.90 Å². The number of nitrogens with zero attached hydrogens (tertiary/aromatic N) is 1. The Kier molecular flexibility index (Phi) is 4.54. The van der Waals surface area contributed by atoms with Crippen molar-refractivity contribution in [3.63, 3.8) is 0 Å². The number of amides is 1. The Labute approximate surface area is 224 Å². The minimum atomic E-state index is -1.11. The first-order valence-electron chi connectivity index (χ1n) is 13.0. The fraction of sp³-hybridized carbons (Fsp3) is 0.0571. The van der Waals surface area contributed by atoms with Crippen LogP contribution in [-0.2, 0) is 16.8 Å². The van der Waals surface area contributed by atoms with Gasteiger partial charge in [-0.05, 0) is 46.0 Å². The largest absolute Gasteiger partial charge is 0.456 e. The van der Waals surface area contributed by atoms with Crippen LogP contribution in [0, 0.1) is 5.82 Å². The standard InChI is InChI=1S/C35H22FNO2/c36-25-17-13-22(14-18-25)21-37-30-12-6-5-11-28(30)35(34(37)38)29-19-15-24-8-2-4-10-27(24)33(29)39-31-20-16-23-7-1-3-9-26(23)32(31)35/h1-20H,21H2/t35-/m0/s1. The molecule has 39 heavy (non-hydrogen) atoms. The van der Waals surface area contributed by atoms with Gasteiger partial charge < -0.3 is 9.64 Å². The molecule has 0 fully saturated rings. The Morgan fingerprint density at radius 3 is 2.15 bits per heavy atom. The molecule has 0 aliphatic carbocycles. The Hall–Kier alpha value is -4.96. The van der Waals surface area contributed by atoms with Crippen molar-refractivity contribution in [1.29, 1.82) is 0 Å². The van der Waals surface area contributed by atoms with Crippen molar-refractivity contribution >= 4 is 33.1 Å². The molecule has 2 aliphatic rings. The van der Waals surface area contributed by atoms with Gasteiger partial charge >= 0.3 is 0 Å². The van der Waals surface area contributed by atoms with Gasteiger partial charge in [-0.1, -0.05) is 97.1 Å². The van der Waals surface area contributed by atoms with E-state index in [1.54, 1.807) is 12.1 Å². The SMILES string of the molecule is O=C1N(Cc2ccc(F)cc2)c2ccccc2[C@@]12c1ccc3ccccc3c1Oc1ccc3ccccc3c12. The van der Waals surface area contributed by atoms with Crippen LogP contribution in [0.1, 0.15) is 22.3 Å². The third-order valence-electron chi connectivity index (χ3n) is 8.18. The molecule has 6 aromatic rings. The zero-order valence-corrected chi connectivity index (χ0v) is 20.9. The van der Waals surface area contributed by atoms with Crippen LogP contribution in [0.25, 0.3) is 21.5 Å². The summed E-state index contributed by atoms with van der Waals surface area (Å²) in [4.78, 5) is 17.0. The summed E-state index contributed by atoms with van der Waals surface area (Å²) in [6.07, 6.45) is 0. The molecule has 0 saturated carbocycles. The lowest BCUT2D eigenvalue weighted by atomic mass is 9.66. The Morgan fingerprint density at radius 1 is 0.667 bits per heavy atom. The van der Waals surface area contributed by atoms with Crippen LogP contribution >= 0.6 is 0 Å². The maximum Gasteiger partial charge on any atom is 0.247 e. The minimum absolute atomic E-state index is 0.0366. The summed E-state index contributed by atoms with van der Waals surface area (Å²) < 4.78 is 20.4. The molecule has 1 spiro atoms. The fourth-order valence-electron chi connectivity index (χ4n) is 6.50. The monoisotopic (exact) mass is 507 g/mol. The lowest BCUT2D eigenvalue weighted by Gasteiger charge is -2.38. The van der Waals surface area contributed by atoms with E-state index < -0.39 is 5.41 Å². The van der Waals surface area contributed by atoms with Crippen LogP contribution in [0.15, 0.2) is 121 Å². The molecule has 186 valence electrons. The molecule has 0 aromatic heterocycles. The first kappa shape index (κ1) is 22.1. The number of anilines is 1. The molecule has 0 N–H and O–H groups in total. The van der Waals surface area contributed by atoms with Gasteiger partial charge in [-0.15, -0.1) is 0 Å². The second-order valence-electron chi connectivity index (χ2n) is 10.2. The number of fused-ring (bicyclic) bond motifs is 10. The highest BCUT2D eigenvalue weighted by atomic mass is 19.1. The first-order chi connectivity index (χ1) is 19.2. The molecule has 2 heterocycles. The molecule has 2 aliphatic heterocycles. The van der Waals surface area contributed by atoms with Crippen LogP contribution in [0.5, 0.6) is 11.5 Å². The number of rotatable bonds is 2. The number of carbonyl (C=O) groups excluding carboxylic acids is 1. The molecule has 4 heteroatoms. The number of benzene rings is 6. The zero-order valence-electron chi connectivity index (χ0n) is 20.9. The second-order valence-corrected chi connectivity index (χ2v) is 10.2. The van der Waals surface area contributed by atoms with E-state index in [0.29, 0.717) is 18.0 Å². The average Bonchev–Trinajstić information content (AvgIpc) is 3.22. The number of ether oxygens (including phenoxy) is 1. The van der Waals surface area contributed by atoms with E-state index >= 15 is 4.79 Å². The summed E-state index contributed by atoms with van der Waals surface area (Å²) in [5.74, 6) is 1.06. The lowest BCUT2D eigenvalue weighted by molar-refractivity contribution is -0.121. The van der Waals surface area contributed by atoms with E-state index in [0.717, 1.165) is 49.5 Å². The normalized spacial score (nSPS) is 17.3. The third-order valence-corrected chi connectivity index (χ3v) is 8.18. The van der Waals surface area contributed by atoms with Gasteiger partial charge in [0.2, 0.25) is 5.91 Å². The summed E-state index contributed by atoms with van der Waals surface area (Å²) in [7, 11) is 0. The van der Waals surface area contributed by atoms with Gasteiger partial charge in [0.25, 0.3) is 0 Å². The summed E-state index contributed by atoms with van der Waals surface area (Å²) in [6.45, 7) is 0.335. The van der Waals surface area contributed by atoms with Crippen molar-refractivity contribution < 1.29 is 13.9 Å². The number of hydrogen-bond acceptors (Lipinski definition) is 2. The predicted octanol–water partition coefficient (Wildman–Crippen LogP) is 8.12. The van der Waals surface area contributed by atoms with E-state index in [-0.39, 0.29) is 11.7 Å². The molecule has 8 rings (SSSR count). The fourth-order valence-corrected chi connectivity index (χ4v) is 6.50. The first-order valence-corrected chi connectivity index (χ1v) is 13.0. The zero-order chi connectivity index (χ0) is 26.1. The molecular formula is C35H22FNO2. The van der Waals surface area contributed by atoms with Crippen LogP contribution in [-0.4, -0.2) is 5.91 Å². The van der Waals surface area contributed by atoms with Crippen molar-refractivity contribution in [3.8, 4) is 11.5 Å². The molecule has 0 unspecified atom stereocenters. The second kappa shape index (κ2) is 8.02. The Bertz CT molecular complexity index is 1960. The van der Waals surface area contributed by atoms with Gasteiger partial charge in [-0.25, -0.2) is 4.39 Å². The van der Waals surface area contributed by atoms with Crippen molar-refractivity contribution in [2.45, 2.75) is 12.0 Å².